The Kier molecular flexibility index (Phi) is 8.98. The summed E-state index contributed by atoms with van der Waals surface area (Å²) in [5.74, 6) is 2.01. The van der Waals surface area contributed by atoms with Crippen molar-refractivity contribution in [3.63, 3.8) is 0 Å². The minimum absolute atomic E-state index is 0.505. The van der Waals surface area contributed by atoms with Gasteiger partial charge in [-0.3, -0.25) is 0 Å². The van der Waals surface area contributed by atoms with E-state index in [0.717, 1.165) is 24.6 Å². The number of methoxy groups -OCH3 is 1. The van der Waals surface area contributed by atoms with E-state index in [1.165, 1.54) is 0 Å². The molecule has 0 bridgehead atoms. The van der Waals surface area contributed by atoms with E-state index in [2.05, 4.69) is 41.4 Å². The van der Waals surface area contributed by atoms with E-state index < -0.39 is 0 Å². The van der Waals surface area contributed by atoms with Crippen LogP contribution >= 0.6 is 0 Å². The van der Waals surface area contributed by atoms with Gasteiger partial charge in [0, 0.05) is 32.5 Å². The maximum absolute atomic E-state index is 5.43. The molecule has 6 heteroatoms. The first-order valence-electron chi connectivity index (χ1n) is 7.74. The Morgan fingerprint density at radius 2 is 2.09 bits per heavy atom. The molecule has 0 unspecified atom stereocenters. The predicted octanol–water partition coefficient (Wildman–Crippen LogP) is 1.82. The zero-order valence-corrected chi connectivity index (χ0v) is 14.1. The number of nitrogens with zero attached hydrogens (tertiary/aromatic N) is 2. The molecule has 1 aromatic rings. The Bertz CT molecular complexity index is 432. The number of aliphatic imine (C=N–C) groups is 1. The number of rotatable bonds is 9. The highest BCUT2D eigenvalue weighted by atomic mass is 16.5. The lowest BCUT2D eigenvalue weighted by Gasteiger charge is -2.13. The molecule has 0 atom stereocenters. The van der Waals surface area contributed by atoms with Crippen LogP contribution in [0.4, 0.5) is 0 Å². The standard InChI is InChI=1S/C16H28N4O2/c1-5-17-16(19-10-13(2)3)20-12-14-6-7-15(18-11-14)22-9-8-21-4/h6-7,11,13H,5,8-10,12H2,1-4H3,(H2,17,19,20). The number of nitrogens with one attached hydrogen (secondary N) is 2. The second kappa shape index (κ2) is 10.8. The summed E-state index contributed by atoms with van der Waals surface area (Å²) in [5, 5.41) is 6.55. The van der Waals surface area contributed by atoms with E-state index in [0.29, 0.717) is 31.6 Å². The maximum Gasteiger partial charge on any atom is 0.213 e. The first kappa shape index (κ1) is 18.2. The van der Waals surface area contributed by atoms with Crippen LogP contribution < -0.4 is 15.4 Å². The van der Waals surface area contributed by atoms with Crippen LogP contribution in [0.25, 0.3) is 0 Å². The Morgan fingerprint density at radius 3 is 2.68 bits per heavy atom. The second-order valence-electron chi connectivity index (χ2n) is 5.32. The molecule has 2 N–H and O–H groups in total. The van der Waals surface area contributed by atoms with Crippen molar-refractivity contribution in [2.24, 2.45) is 10.9 Å². The van der Waals surface area contributed by atoms with Gasteiger partial charge in [-0.05, 0) is 18.4 Å². The second-order valence-corrected chi connectivity index (χ2v) is 5.32. The SMILES string of the molecule is CCNC(=NCc1ccc(OCCOC)nc1)NCC(C)C. The molecule has 124 valence electrons. The molecule has 0 radical (unpaired) electrons. The average Bonchev–Trinajstić information content (AvgIpc) is 2.51. The summed E-state index contributed by atoms with van der Waals surface area (Å²) >= 11 is 0. The zero-order chi connectivity index (χ0) is 16.2. The molecule has 1 rings (SSSR count). The summed E-state index contributed by atoms with van der Waals surface area (Å²) in [6, 6.07) is 3.83. The molecule has 0 fully saturated rings. The van der Waals surface area contributed by atoms with Gasteiger partial charge in [0.25, 0.3) is 0 Å². The molecule has 0 spiro atoms. The minimum atomic E-state index is 0.505. The highest BCUT2D eigenvalue weighted by Crippen LogP contribution is 2.08. The molecular weight excluding hydrogens is 280 g/mol. The van der Waals surface area contributed by atoms with E-state index in [1.54, 1.807) is 13.3 Å². The topological polar surface area (TPSA) is 67.8 Å². The van der Waals surface area contributed by atoms with Gasteiger partial charge in [0.2, 0.25) is 5.88 Å². The number of ether oxygens (including phenoxy) is 2. The molecule has 0 saturated carbocycles. The normalized spacial score (nSPS) is 11.6. The summed E-state index contributed by atoms with van der Waals surface area (Å²) < 4.78 is 10.4. The van der Waals surface area contributed by atoms with Crippen LogP contribution in [-0.4, -0.2) is 44.4 Å². The van der Waals surface area contributed by atoms with E-state index in [-0.39, 0.29) is 0 Å². The van der Waals surface area contributed by atoms with E-state index >= 15 is 0 Å². The number of hydrogen-bond acceptors (Lipinski definition) is 4. The van der Waals surface area contributed by atoms with Crippen LogP contribution in [0.2, 0.25) is 0 Å². The number of pyridine rings is 1. The van der Waals surface area contributed by atoms with Crippen molar-refractivity contribution in [3.05, 3.63) is 23.9 Å². The zero-order valence-electron chi connectivity index (χ0n) is 14.1. The van der Waals surface area contributed by atoms with Crippen LogP contribution in [0.5, 0.6) is 5.88 Å². The van der Waals surface area contributed by atoms with Gasteiger partial charge in [-0.15, -0.1) is 0 Å². The monoisotopic (exact) mass is 308 g/mol. The van der Waals surface area contributed by atoms with Gasteiger partial charge in [-0.2, -0.15) is 0 Å². The Morgan fingerprint density at radius 1 is 1.27 bits per heavy atom. The first-order chi connectivity index (χ1) is 10.7. The fourth-order valence-electron chi connectivity index (χ4n) is 1.63. The van der Waals surface area contributed by atoms with Crippen molar-refractivity contribution in [1.29, 1.82) is 0 Å². The summed E-state index contributed by atoms with van der Waals surface area (Å²) in [6.07, 6.45) is 1.79. The van der Waals surface area contributed by atoms with Crippen LogP contribution in [0, 0.1) is 5.92 Å². The Balaban J connectivity index is 2.50. The summed E-state index contributed by atoms with van der Waals surface area (Å²) in [5.41, 5.74) is 1.04. The molecule has 0 amide bonds. The smallest absolute Gasteiger partial charge is 0.213 e. The lowest BCUT2D eigenvalue weighted by Crippen LogP contribution is -2.39. The summed E-state index contributed by atoms with van der Waals surface area (Å²) in [6.45, 7) is 9.78. The average molecular weight is 308 g/mol. The van der Waals surface area contributed by atoms with Crippen molar-refractivity contribution >= 4 is 5.96 Å². The van der Waals surface area contributed by atoms with Crippen molar-refractivity contribution in [1.82, 2.24) is 15.6 Å². The summed E-state index contributed by atoms with van der Waals surface area (Å²) in [4.78, 5) is 8.82. The third kappa shape index (κ3) is 7.83. The van der Waals surface area contributed by atoms with Gasteiger partial charge >= 0.3 is 0 Å². The molecule has 1 heterocycles. The van der Waals surface area contributed by atoms with Gasteiger partial charge < -0.3 is 20.1 Å². The molecule has 0 aliphatic carbocycles. The van der Waals surface area contributed by atoms with Crippen LogP contribution in [0.15, 0.2) is 23.3 Å². The third-order valence-electron chi connectivity index (χ3n) is 2.78. The Hall–Kier alpha value is -1.82. The molecule has 1 aromatic heterocycles. The third-order valence-corrected chi connectivity index (χ3v) is 2.78. The molecule has 0 aliphatic rings. The van der Waals surface area contributed by atoms with Crippen LogP contribution in [-0.2, 0) is 11.3 Å². The lowest BCUT2D eigenvalue weighted by molar-refractivity contribution is 0.143. The van der Waals surface area contributed by atoms with Crippen molar-refractivity contribution in [2.45, 2.75) is 27.3 Å². The quantitative estimate of drug-likeness (QED) is 0.414. The van der Waals surface area contributed by atoms with Crippen molar-refractivity contribution in [3.8, 4) is 5.88 Å². The first-order valence-corrected chi connectivity index (χ1v) is 7.74. The predicted molar refractivity (Wildman–Crippen MR) is 89.3 cm³/mol. The van der Waals surface area contributed by atoms with E-state index in [9.17, 15) is 0 Å². The molecule has 0 aliphatic heterocycles. The highest BCUT2D eigenvalue weighted by molar-refractivity contribution is 5.79. The van der Waals surface area contributed by atoms with Crippen molar-refractivity contribution < 1.29 is 9.47 Å². The van der Waals surface area contributed by atoms with Gasteiger partial charge in [-0.1, -0.05) is 19.9 Å². The van der Waals surface area contributed by atoms with E-state index in [1.807, 2.05) is 12.1 Å². The maximum atomic E-state index is 5.43. The van der Waals surface area contributed by atoms with Gasteiger partial charge in [-0.25, -0.2) is 9.98 Å². The van der Waals surface area contributed by atoms with E-state index in [4.69, 9.17) is 9.47 Å². The van der Waals surface area contributed by atoms with Gasteiger partial charge in [0.05, 0.1) is 13.2 Å². The lowest BCUT2D eigenvalue weighted by atomic mass is 10.2. The number of aromatic nitrogens is 1. The molecule has 0 saturated heterocycles. The molecule has 0 aromatic carbocycles. The summed E-state index contributed by atoms with van der Waals surface area (Å²) in [7, 11) is 1.65. The molecule has 22 heavy (non-hydrogen) atoms. The fourth-order valence-corrected chi connectivity index (χ4v) is 1.63. The van der Waals surface area contributed by atoms with Crippen LogP contribution in [0.1, 0.15) is 26.3 Å². The van der Waals surface area contributed by atoms with Gasteiger partial charge in [0.15, 0.2) is 5.96 Å². The molecular formula is C16H28N4O2. The minimum Gasteiger partial charge on any atom is -0.475 e. The number of hydrogen-bond donors (Lipinski definition) is 2. The highest BCUT2D eigenvalue weighted by Gasteiger charge is 2.00. The Labute approximate surface area is 133 Å². The van der Waals surface area contributed by atoms with Crippen LogP contribution in [0.3, 0.4) is 0 Å². The van der Waals surface area contributed by atoms with Crippen molar-refractivity contribution in [2.75, 3.05) is 33.4 Å². The molecule has 6 nitrogen and oxygen atoms in total. The fraction of sp³-hybridized carbons (Fsp3) is 0.625. The largest absolute Gasteiger partial charge is 0.475 e. The van der Waals surface area contributed by atoms with Gasteiger partial charge in [0.1, 0.15) is 6.61 Å². The number of guanidine groups is 1.